The Morgan fingerprint density at radius 2 is 1.41 bits per heavy atom. The fourth-order valence-electron chi connectivity index (χ4n) is 2.82. The van der Waals surface area contributed by atoms with E-state index in [1.54, 1.807) is 0 Å². The molecule has 184 valence electrons. The first kappa shape index (κ1) is 29.3. The quantitative estimate of drug-likeness (QED) is 0.139. The lowest BCUT2D eigenvalue weighted by molar-refractivity contribution is -0.142. The van der Waals surface area contributed by atoms with E-state index in [4.69, 9.17) is 16.6 Å². The predicted octanol–water partition coefficient (Wildman–Crippen LogP) is -1.09. The number of nitrogens with two attached hydrogens (primary N) is 2. The molecule has 0 aromatic rings. The number of nitrogens with one attached hydrogen (secondary N) is 3. The van der Waals surface area contributed by atoms with Crippen molar-refractivity contribution in [1.29, 1.82) is 0 Å². The number of hydrogen-bond acceptors (Lipinski definition) is 7. The van der Waals surface area contributed by atoms with Crippen LogP contribution in [0.4, 0.5) is 0 Å². The van der Waals surface area contributed by atoms with E-state index in [-0.39, 0.29) is 31.6 Å². The molecule has 3 amide bonds. The maximum atomic E-state index is 12.7. The lowest BCUT2D eigenvalue weighted by Crippen LogP contribution is -2.56. The van der Waals surface area contributed by atoms with Gasteiger partial charge in [-0.05, 0) is 51.5 Å². The molecule has 12 heteroatoms. The SMILES string of the molecule is CC(C)CC(NC(=O)C(C)NC(=O)C(CCCCN)NC(=O)C(N)CCC(=O)O)C(=O)O. The topological polar surface area (TPSA) is 214 Å². The average Bonchev–Trinajstić information content (AvgIpc) is 2.69. The molecule has 0 aliphatic carbocycles. The number of carboxylic acids is 2. The molecule has 0 saturated heterocycles. The Bertz CT molecular complexity index is 656. The third-order valence-electron chi connectivity index (χ3n) is 4.66. The van der Waals surface area contributed by atoms with Crippen LogP contribution in [0.25, 0.3) is 0 Å². The number of carboxylic acid groups (broad SMARTS) is 2. The Kier molecular flexibility index (Phi) is 13.8. The summed E-state index contributed by atoms with van der Waals surface area (Å²) in [4.78, 5) is 59.3. The standard InChI is InChI=1S/C20H37N5O7/c1-11(2)10-15(20(31)32)25-17(28)12(3)23-19(30)14(6-4-5-9-21)24-18(29)13(22)7-8-16(26)27/h11-15H,4-10,21-22H2,1-3H3,(H,23,30)(H,24,29)(H,25,28)(H,26,27)(H,31,32). The molecule has 0 rings (SSSR count). The van der Waals surface area contributed by atoms with E-state index >= 15 is 0 Å². The van der Waals surface area contributed by atoms with Gasteiger partial charge in [-0.15, -0.1) is 0 Å². The van der Waals surface area contributed by atoms with E-state index in [2.05, 4.69) is 16.0 Å². The number of carbonyl (C=O) groups is 5. The Hall–Kier alpha value is -2.73. The fourth-order valence-corrected chi connectivity index (χ4v) is 2.82. The minimum atomic E-state index is -1.17. The van der Waals surface area contributed by atoms with Gasteiger partial charge >= 0.3 is 11.9 Å². The van der Waals surface area contributed by atoms with Crippen LogP contribution < -0.4 is 27.4 Å². The molecule has 0 spiro atoms. The molecule has 4 atom stereocenters. The number of rotatable bonds is 16. The summed E-state index contributed by atoms with van der Waals surface area (Å²) < 4.78 is 0. The molecular weight excluding hydrogens is 422 g/mol. The molecule has 0 fully saturated rings. The second kappa shape index (κ2) is 15.1. The summed E-state index contributed by atoms with van der Waals surface area (Å²) in [6.45, 7) is 5.44. The van der Waals surface area contributed by atoms with E-state index < -0.39 is 53.8 Å². The molecule has 0 aromatic carbocycles. The monoisotopic (exact) mass is 459 g/mol. The molecule has 9 N–H and O–H groups in total. The molecule has 0 aromatic heterocycles. The highest BCUT2D eigenvalue weighted by molar-refractivity contribution is 5.93. The van der Waals surface area contributed by atoms with E-state index in [1.165, 1.54) is 6.92 Å². The number of amides is 3. The molecule has 32 heavy (non-hydrogen) atoms. The molecule has 0 radical (unpaired) electrons. The van der Waals surface area contributed by atoms with E-state index in [1.807, 2.05) is 13.8 Å². The van der Waals surface area contributed by atoms with Crippen molar-refractivity contribution >= 4 is 29.7 Å². The molecule has 0 bridgehead atoms. The van der Waals surface area contributed by atoms with Crippen molar-refractivity contribution in [2.45, 2.75) is 83.5 Å². The van der Waals surface area contributed by atoms with Gasteiger partial charge in [0.05, 0.1) is 6.04 Å². The van der Waals surface area contributed by atoms with Crippen LogP contribution in [-0.2, 0) is 24.0 Å². The Balaban J connectivity index is 5.06. The van der Waals surface area contributed by atoms with Crippen molar-refractivity contribution in [3.63, 3.8) is 0 Å². The highest BCUT2D eigenvalue weighted by atomic mass is 16.4. The first-order valence-corrected chi connectivity index (χ1v) is 10.7. The predicted molar refractivity (Wildman–Crippen MR) is 116 cm³/mol. The van der Waals surface area contributed by atoms with Crippen molar-refractivity contribution in [2.24, 2.45) is 17.4 Å². The summed E-state index contributed by atoms with van der Waals surface area (Å²) in [5.74, 6) is -4.22. The van der Waals surface area contributed by atoms with Crippen molar-refractivity contribution in [1.82, 2.24) is 16.0 Å². The Labute approximate surface area is 187 Å². The molecule has 0 heterocycles. The Morgan fingerprint density at radius 1 is 0.812 bits per heavy atom. The zero-order chi connectivity index (χ0) is 24.8. The second-order valence-electron chi connectivity index (χ2n) is 8.14. The summed E-state index contributed by atoms with van der Waals surface area (Å²) in [7, 11) is 0. The van der Waals surface area contributed by atoms with Gasteiger partial charge in [0.1, 0.15) is 18.1 Å². The largest absolute Gasteiger partial charge is 0.481 e. The summed E-state index contributed by atoms with van der Waals surface area (Å²) in [6, 6.07) is -4.25. The van der Waals surface area contributed by atoms with Crippen molar-refractivity contribution < 1.29 is 34.2 Å². The number of unbranched alkanes of at least 4 members (excludes halogenated alkanes) is 1. The van der Waals surface area contributed by atoms with E-state index in [0.717, 1.165) is 0 Å². The maximum Gasteiger partial charge on any atom is 0.326 e. The van der Waals surface area contributed by atoms with Crippen LogP contribution in [0.3, 0.4) is 0 Å². The lowest BCUT2D eigenvalue weighted by Gasteiger charge is -2.24. The van der Waals surface area contributed by atoms with Crippen molar-refractivity contribution in [3.8, 4) is 0 Å². The minimum absolute atomic E-state index is 0.0359. The summed E-state index contributed by atoms with van der Waals surface area (Å²) >= 11 is 0. The maximum absolute atomic E-state index is 12.7. The van der Waals surface area contributed by atoms with Gasteiger partial charge in [-0.25, -0.2) is 4.79 Å². The number of aliphatic carboxylic acids is 2. The van der Waals surface area contributed by atoms with Crippen LogP contribution in [0.1, 0.15) is 59.3 Å². The van der Waals surface area contributed by atoms with Crippen LogP contribution in [0.2, 0.25) is 0 Å². The molecule has 12 nitrogen and oxygen atoms in total. The van der Waals surface area contributed by atoms with E-state index in [0.29, 0.717) is 19.4 Å². The molecule has 0 aliphatic heterocycles. The van der Waals surface area contributed by atoms with Gasteiger partial charge in [-0.3, -0.25) is 19.2 Å². The number of carbonyl (C=O) groups excluding carboxylic acids is 3. The van der Waals surface area contributed by atoms with Gasteiger partial charge < -0.3 is 37.6 Å². The highest BCUT2D eigenvalue weighted by Crippen LogP contribution is 2.06. The second-order valence-corrected chi connectivity index (χ2v) is 8.14. The normalized spacial score (nSPS) is 14.7. The van der Waals surface area contributed by atoms with Crippen molar-refractivity contribution in [3.05, 3.63) is 0 Å². The zero-order valence-corrected chi connectivity index (χ0v) is 18.9. The van der Waals surface area contributed by atoms with E-state index in [9.17, 15) is 29.1 Å². The van der Waals surface area contributed by atoms with Crippen LogP contribution in [-0.4, -0.2) is 70.6 Å². The molecule has 4 unspecified atom stereocenters. The zero-order valence-electron chi connectivity index (χ0n) is 18.9. The first-order valence-electron chi connectivity index (χ1n) is 10.7. The lowest BCUT2D eigenvalue weighted by atomic mass is 10.0. The van der Waals surface area contributed by atoms with Gasteiger partial charge in [-0.1, -0.05) is 13.8 Å². The van der Waals surface area contributed by atoms with Crippen LogP contribution in [0.5, 0.6) is 0 Å². The van der Waals surface area contributed by atoms with Gasteiger partial charge in [0.15, 0.2) is 0 Å². The molecule has 0 aliphatic rings. The summed E-state index contributed by atoms with van der Waals surface area (Å²) in [5, 5.41) is 25.3. The Morgan fingerprint density at radius 3 is 1.91 bits per heavy atom. The third kappa shape index (κ3) is 12.2. The fraction of sp³-hybridized carbons (Fsp3) is 0.750. The van der Waals surface area contributed by atoms with Crippen LogP contribution >= 0.6 is 0 Å². The van der Waals surface area contributed by atoms with Gasteiger partial charge in [0, 0.05) is 6.42 Å². The minimum Gasteiger partial charge on any atom is -0.481 e. The van der Waals surface area contributed by atoms with Crippen molar-refractivity contribution in [2.75, 3.05) is 6.54 Å². The van der Waals surface area contributed by atoms with Crippen LogP contribution in [0.15, 0.2) is 0 Å². The molecular formula is C20H37N5O7. The van der Waals surface area contributed by atoms with Gasteiger partial charge in [-0.2, -0.15) is 0 Å². The number of hydrogen-bond donors (Lipinski definition) is 7. The highest BCUT2D eigenvalue weighted by Gasteiger charge is 2.28. The summed E-state index contributed by atoms with van der Waals surface area (Å²) in [5.41, 5.74) is 11.2. The first-order chi connectivity index (χ1) is 14.9. The van der Waals surface area contributed by atoms with Gasteiger partial charge in [0.2, 0.25) is 17.7 Å². The average molecular weight is 460 g/mol. The third-order valence-corrected chi connectivity index (χ3v) is 4.66. The van der Waals surface area contributed by atoms with Crippen LogP contribution in [0, 0.1) is 5.92 Å². The summed E-state index contributed by atoms with van der Waals surface area (Å²) in [6.07, 6.45) is 1.21. The van der Waals surface area contributed by atoms with Gasteiger partial charge in [0.25, 0.3) is 0 Å². The smallest absolute Gasteiger partial charge is 0.326 e. The molecule has 0 saturated carbocycles.